The molecule has 1 aromatic heterocycles. The number of hydrogen-bond donors (Lipinski definition) is 1. The van der Waals surface area contributed by atoms with Gasteiger partial charge in [0.25, 0.3) is 0 Å². The number of nitrogens with zero attached hydrogens (tertiary/aromatic N) is 5. The van der Waals surface area contributed by atoms with Gasteiger partial charge in [0, 0.05) is 33.1 Å². The van der Waals surface area contributed by atoms with E-state index in [-0.39, 0.29) is 5.82 Å². The van der Waals surface area contributed by atoms with Crippen LogP contribution < -0.4 is 5.32 Å². The Balaban J connectivity index is 1.68. The van der Waals surface area contributed by atoms with Gasteiger partial charge in [0.2, 0.25) is 0 Å². The van der Waals surface area contributed by atoms with E-state index in [1.54, 1.807) is 18.5 Å². The van der Waals surface area contributed by atoms with E-state index in [1.807, 2.05) is 40.8 Å². The lowest BCUT2D eigenvalue weighted by Crippen LogP contribution is -2.40. The highest BCUT2D eigenvalue weighted by molar-refractivity contribution is 5.79. The van der Waals surface area contributed by atoms with Gasteiger partial charge in [0.15, 0.2) is 5.96 Å². The third-order valence-electron chi connectivity index (χ3n) is 4.57. The van der Waals surface area contributed by atoms with Crippen LogP contribution >= 0.6 is 0 Å². The fourth-order valence-corrected chi connectivity index (χ4v) is 3.07. The van der Waals surface area contributed by atoms with Crippen LogP contribution in [0.3, 0.4) is 0 Å². The van der Waals surface area contributed by atoms with Crippen molar-refractivity contribution in [3.05, 3.63) is 83.7 Å². The summed E-state index contributed by atoms with van der Waals surface area (Å²) < 4.78 is 15.6. The molecule has 6 nitrogen and oxygen atoms in total. The number of rotatable bonds is 8. The molecule has 0 spiro atoms. The molecule has 152 valence electrons. The van der Waals surface area contributed by atoms with E-state index in [0.29, 0.717) is 19.6 Å². The quantitative estimate of drug-likeness (QED) is 0.471. The van der Waals surface area contributed by atoms with Crippen LogP contribution in [-0.4, -0.2) is 39.2 Å². The van der Waals surface area contributed by atoms with E-state index in [9.17, 15) is 4.39 Å². The number of guanidine groups is 1. The summed E-state index contributed by atoms with van der Waals surface area (Å²) in [5, 5.41) is 11.5. The third kappa shape index (κ3) is 6.14. The molecule has 0 saturated heterocycles. The predicted molar refractivity (Wildman–Crippen MR) is 113 cm³/mol. The molecule has 7 heteroatoms. The molecule has 0 amide bonds. The minimum absolute atomic E-state index is 0.230. The van der Waals surface area contributed by atoms with E-state index in [1.165, 1.54) is 6.07 Å². The SMILES string of the molecule is CCc1nncn1CCNC(=NCc1ccccc1)N(C)Cc1cccc(F)c1. The van der Waals surface area contributed by atoms with Gasteiger partial charge in [-0.25, -0.2) is 9.38 Å². The maximum atomic E-state index is 13.5. The Kier molecular flexibility index (Phi) is 7.33. The van der Waals surface area contributed by atoms with Crippen LogP contribution in [0, 0.1) is 5.82 Å². The first-order chi connectivity index (χ1) is 14.2. The molecule has 0 bridgehead atoms. The van der Waals surface area contributed by atoms with Crippen molar-refractivity contribution in [2.45, 2.75) is 33.0 Å². The molecule has 3 aromatic rings. The van der Waals surface area contributed by atoms with Crippen molar-refractivity contribution in [3.8, 4) is 0 Å². The molecule has 1 heterocycles. The molecular formula is C22H27FN6. The molecule has 0 radical (unpaired) electrons. The van der Waals surface area contributed by atoms with Crippen LogP contribution in [0.15, 0.2) is 65.9 Å². The van der Waals surface area contributed by atoms with Gasteiger partial charge < -0.3 is 14.8 Å². The molecule has 0 fully saturated rings. The second-order valence-electron chi connectivity index (χ2n) is 6.83. The lowest BCUT2D eigenvalue weighted by molar-refractivity contribution is 0.468. The lowest BCUT2D eigenvalue weighted by atomic mass is 10.2. The molecule has 0 aliphatic carbocycles. The Morgan fingerprint density at radius 1 is 1.14 bits per heavy atom. The van der Waals surface area contributed by atoms with Gasteiger partial charge in [-0.05, 0) is 23.3 Å². The zero-order valence-corrected chi connectivity index (χ0v) is 16.9. The van der Waals surface area contributed by atoms with Crippen molar-refractivity contribution >= 4 is 5.96 Å². The monoisotopic (exact) mass is 394 g/mol. The van der Waals surface area contributed by atoms with Crippen molar-refractivity contribution in [3.63, 3.8) is 0 Å². The Morgan fingerprint density at radius 3 is 2.69 bits per heavy atom. The molecule has 0 unspecified atom stereocenters. The van der Waals surface area contributed by atoms with E-state index < -0.39 is 0 Å². The van der Waals surface area contributed by atoms with E-state index >= 15 is 0 Å². The lowest BCUT2D eigenvalue weighted by Gasteiger charge is -2.23. The van der Waals surface area contributed by atoms with Gasteiger partial charge >= 0.3 is 0 Å². The molecule has 0 aliphatic rings. The van der Waals surface area contributed by atoms with Gasteiger partial charge in [0.1, 0.15) is 18.0 Å². The predicted octanol–water partition coefficient (Wildman–Crippen LogP) is 3.26. The molecular weight excluding hydrogens is 367 g/mol. The minimum atomic E-state index is -0.230. The molecule has 1 N–H and O–H groups in total. The number of halogens is 1. The third-order valence-corrected chi connectivity index (χ3v) is 4.57. The fraction of sp³-hybridized carbons (Fsp3) is 0.318. The topological polar surface area (TPSA) is 58.3 Å². The second-order valence-corrected chi connectivity index (χ2v) is 6.83. The Labute approximate surface area is 171 Å². The standard InChI is InChI=1S/C22H27FN6/c1-3-21-27-26-17-29(21)13-12-24-22(25-15-18-8-5-4-6-9-18)28(2)16-19-10-7-11-20(23)14-19/h4-11,14,17H,3,12-13,15-16H2,1-2H3,(H,24,25). The Morgan fingerprint density at radius 2 is 1.93 bits per heavy atom. The van der Waals surface area contributed by atoms with Gasteiger partial charge in [-0.2, -0.15) is 0 Å². The number of hydrogen-bond acceptors (Lipinski definition) is 3. The molecule has 29 heavy (non-hydrogen) atoms. The number of aliphatic imine (C=N–C) groups is 1. The molecule has 2 aromatic carbocycles. The number of benzene rings is 2. The van der Waals surface area contributed by atoms with Crippen LogP contribution in [0.1, 0.15) is 23.9 Å². The maximum absolute atomic E-state index is 13.5. The summed E-state index contributed by atoms with van der Waals surface area (Å²) in [4.78, 5) is 6.78. The summed E-state index contributed by atoms with van der Waals surface area (Å²) in [5.41, 5.74) is 2.03. The highest BCUT2D eigenvalue weighted by Crippen LogP contribution is 2.07. The number of aryl methyl sites for hydroxylation is 1. The van der Waals surface area contributed by atoms with Crippen molar-refractivity contribution in [2.24, 2.45) is 4.99 Å². The van der Waals surface area contributed by atoms with Crippen LogP contribution in [0.2, 0.25) is 0 Å². The summed E-state index contributed by atoms with van der Waals surface area (Å²) >= 11 is 0. The van der Waals surface area contributed by atoms with Gasteiger partial charge in [0.05, 0.1) is 6.54 Å². The summed E-state index contributed by atoms with van der Waals surface area (Å²) in [6.07, 6.45) is 2.59. The zero-order valence-electron chi connectivity index (χ0n) is 16.9. The fourth-order valence-electron chi connectivity index (χ4n) is 3.07. The van der Waals surface area contributed by atoms with Gasteiger partial charge in [-0.3, -0.25) is 0 Å². The average Bonchev–Trinajstić information content (AvgIpc) is 3.18. The van der Waals surface area contributed by atoms with E-state index in [0.717, 1.165) is 35.9 Å². The normalized spacial score (nSPS) is 11.5. The van der Waals surface area contributed by atoms with Crippen LogP contribution in [0.4, 0.5) is 4.39 Å². The average molecular weight is 394 g/mol. The van der Waals surface area contributed by atoms with Gasteiger partial charge in [-0.1, -0.05) is 49.4 Å². The van der Waals surface area contributed by atoms with Crippen molar-refractivity contribution in [1.82, 2.24) is 25.0 Å². The Hall–Kier alpha value is -3.22. The highest BCUT2D eigenvalue weighted by atomic mass is 19.1. The highest BCUT2D eigenvalue weighted by Gasteiger charge is 2.09. The Bertz CT molecular complexity index is 922. The van der Waals surface area contributed by atoms with E-state index in [2.05, 4.69) is 34.6 Å². The summed E-state index contributed by atoms with van der Waals surface area (Å²) in [7, 11) is 1.96. The van der Waals surface area contributed by atoms with Crippen molar-refractivity contribution in [1.29, 1.82) is 0 Å². The van der Waals surface area contributed by atoms with Crippen LogP contribution in [0.5, 0.6) is 0 Å². The minimum Gasteiger partial charge on any atom is -0.354 e. The first kappa shape index (κ1) is 20.5. The smallest absolute Gasteiger partial charge is 0.194 e. The van der Waals surface area contributed by atoms with Gasteiger partial charge in [-0.15, -0.1) is 10.2 Å². The number of nitrogens with one attached hydrogen (secondary N) is 1. The summed E-state index contributed by atoms with van der Waals surface area (Å²) in [5.74, 6) is 1.50. The van der Waals surface area contributed by atoms with Crippen molar-refractivity contribution < 1.29 is 4.39 Å². The zero-order chi connectivity index (χ0) is 20.5. The molecule has 0 saturated carbocycles. The molecule has 0 aliphatic heterocycles. The van der Waals surface area contributed by atoms with Crippen LogP contribution in [0.25, 0.3) is 0 Å². The van der Waals surface area contributed by atoms with Crippen LogP contribution in [-0.2, 0) is 26.1 Å². The maximum Gasteiger partial charge on any atom is 0.194 e. The largest absolute Gasteiger partial charge is 0.354 e. The number of aromatic nitrogens is 3. The first-order valence-corrected chi connectivity index (χ1v) is 9.80. The summed E-state index contributed by atoms with van der Waals surface area (Å²) in [6.45, 7) is 4.63. The van der Waals surface area contributed by atoms with Crippen molar-refractivity contribution in [2.75, 3.05) is 13.6 Å². The first-order valence-electron chi connectivity index (χ1n) is 9.80. The van der Waals surface area contributed by atoms with E-state index in [4.69, 9.17) is 4.99 Å². The second kappa shape index (κ2) is 10.4. The molecule has 3 rings (SSSR count). The summed E-state index contributed by atoms with van der Waals surface area (Å²) in [6, 6.07) is 16.8. The molecule has 0 atom stereocenters.